The molecular formula is C41H94N18O2S2. The third-order valence-electron chi connectivity index (χ3n) is 10.4. The Bertz CT molecular complexity index is 1130. The SMILES string of the molecule is CCSSCCCC(=N)CCCNCCN(CCNC)CCN(CCCCCN(CCN)CCNC(=O)C(N)CCCN=C(N)N)CCNCCNC(=O)C(CCNC(N)N)NC. The number of nitrogens with zero attached hydrogens (tertiary/aromatic N) is 4. The zero-order chi connectivity index (χ0) is 46.8. The second-order valence-corrected chi connectivity index (χ2v) is 18.6. The fraction of sp³-hybridized carbons (Fsp3) is 0.902. The van der Waals surface area contributed by atoms with E-state index in [1.807, 2.05) is 28.6 Å². The molecule has 0 rings (SSSR count). The van der Waals surface area contributed by atoms with Crippen LogP contribution in [-0.4, -0.2) is 207 Å². The summed E-state index contributed by atoms with van der Waals surface area (Å²) in [6.45, 7) is 17.3. The number of rotatable bonds is 47. The van der Waals surface area contributed by atoms with Crippen molar-refractivity contribution in [2.45, 2.75) is 89.5 Å². The highest BCUT2D eigenvalue weighted by Crippen LogP contribution is 2.21. The third-order valence-corrected chi connectivity index (χ3v) is 12.9. The molecule has 0 bridgehead atoms. The molecule has 0 aromatic carbocycles. The Labute approximate surface area is 389 Å². The molecule has 0 spiro atoms. The quantitative estimate of drug-likeness (QED) is 0.0101. The summed E-state index contributed by atoms with van der Waals surface area (Å²) < 4.78 is 0. The van der Waals surface area contributed by atoms with Gasteiger partial charge >= 0.3 is 0 Å². The van der Waals surface area contributed by atoms with E-state index in [9.17, 15) is 9.59 Å². The lowest BCUT2D eigenvalue weighted by Crippen LogP contribution is -2.49. The molecule has 2 unspecified atom stereocenters. The fourth-order valence-corrected chi connectivity index (χ4v) is 8.42. The molecule has 0 saturated carbocycles. The molecule has 0 aliphatic rings. The van der Waals surface area contributed by atoms with E-state index >= 15 is 0 Å². The van der Waals surface area contributed by atoms with Crippen LogP contribution >= 0.6 is 21.6 Å². The minimum Gasteiger partial charge on any atom is -0.370 e. The number of nitrogens with one attached hydrogen (secondary N) is 8. The van der Waals surface area contributed by atoms with Gasteiger partial charge in [0.15, 0.2) is 5.96 Å². The molecule has 2 atom stereocenters. The average Bonchev–Trinajstić information content (AvgIpc) is 3.25. The van der Waals surface area contributed by atoms with Crippen LogP contribution in [0.3, 0.4) is 0 Å². The van der Waals surface area contributed by atoms with Crippen molar-refractivity contribution in [1.29, 1.82) is 5.41 Å². The molecule has 0 aliphatic heterocycles. The van der Waals surface area contributed by atoms with E-state index in [4.69, 9.17) is 39.8 Å². The van der Waals surface area contributed by atoms with Crippen molar-refractivity contribution in [3.63, 3.8) is 0 Å². The van der Waals surface area contributed by atoms with Crippen LogP contribution in [0.1, 0.15) is 71.1 Å². The lowest BCUT2D eigenvalue weighted by molar-refractivity contribution is -0.123. The number of nitrogens with two attached hydrogens (primary N) is 6. The third kappa shape index (κ3) is 39.0. The standard InChI is InChI=1S/C41H94N18O2S2/c1-4-62-63-34-10-12-35(43)11-8-16-51-22-30-59(28-21-49-2)33-32-58(29-23-52-19-20-53-39(61)37(50-3)14-18-56-41(47)48)26-7-5-6-25-57(27-15-42)31-24-54-38(60)36(44)13-9-17-55-40(45)46/h36-37,41,43,49-52,56H,4-34,42,44,47-48H2,1-3H3,(H,53,61)(H,54,60)(H4,45,46,55). The lowest BCUT2D eigenvalue weighted by Gasteiger charge is -2.28. The van der Waals surface area contributed by atoms with Crippen molar-refractivity contribution >= 4 is 45.1 Å². The predicted molar refractivity (Wildman–Crippen MR) is 270 cm³/mol. The largest absolute Gasteiger partial charge is 0.370 e. The summed E-state index contributed by atoms with van der Waals surface area (Å²) in [6, 6.07) is -0.910. The average molecular weight is 935 g/mol. The summed E-state index contributed by atoms with van der Waals surface area (Å²) in [5.41, 5.74) is 34.7. The fourth-order valence-electron chi connectivity index (χ4n) is 6.67. The molecule has 0 fully saturated rings. The topological polar surface area (TPSA) is 320 Å². The first kappa shape index (κ1) is 61.1. The highest BCUT2D eigenvalue weighted by molar-refractivity contribution is 8.76. The number of amides is 2. The second-order valence-electron chi connectivity index (χ2n) is 15.8. The summed E-state index contributed by atoms with van der Waals surface area (Å²) in [6.07, 6.45) is 8.24. The molecule has 20 nitrogen and oxygen atoms in total. The maximum atomic E-state index is 12.7. The van der Waals surface area contributed by atoms with Gasteiger partial charge in [-0.2, -0.15) is 0 Å². The number of likely N-dealkylation sites (N-methyl/N-ethyl adjacent to an activating group) is 2. The van der Waals surface area contributed by atoms with Crippen LogP contribution in [-0.2, 0) is 9.59 Å². The predicted octanol–water partition coefficient (Wildman–Crippen LogP) is -2.22. The summed E-state index contributed by atoms with van der Waals surface area (Å²) in [7, 11) is 7.60. The van der Waals surface area contributed by atoms with Gasteiger partial charge in [-0.05, 0) is 98.1 Å². The van der Waals surface area contributed by atoms with Gasteiger partial charge < -0.3 is 81.5 Å². The first-order chi connectivity index (χ1) is 30.5. The number of hydrogen-bond donors (Lipinski definition) is 14. The van der Waals surface area contributed by atoms with E-state index in [1.54, 1.807) is 7.05 Å². The smallest absolute Gasteiger partial charge is 0.237 e. The van der Waals surface area contributed by atoms with E-state index < -0.39 is 12.3 Å². The van der Waals surface area contributed by atoms with Crippen LogP contribution in [0.4, 0.5) is 0 Å². The van der Waals surface area contributed by atoms with Crippen LogP contribution in [0, 0.1) is 5.41 Å². The van der Waals surface area contributed by atoms with Gasteiger partial charge in [0, 0.05) is 115 Å². The van der Waals surface area contributed by atoms with Gasteiger partial charge in [0.2, 0.25) is 11.8 Å². The van der Waals surface area contributed by atoms with Crippen LogP contribution in [0.25, 0.3) is 0 Å². The van der Waals surface area contributed by atoms with Gasteiger partial charge in [-0.3, -0.25) is 24.8 Å². The van der Waals surface area contributed by atoms with Gasteiger partial charge in [-0.25, -0.2) is 0 Å². The van der Waals surface area contributed by atoms with E-state index in [0.29, 0.717) is 58.5 Å². The van der Waals surface area contributed by atoms with Gasteiger partial charge in [-0.15, -0.1) is 0 Å². The van der Waals surface area contributed by atoms with E-state index in [0.717, 1.165) is 147 Å². The maximum Gasteiger partial charge on any atom is 0.237 e. The van der Waals surface area contributed by atoms with Gasteiger partial charge in [-0.1, -0.05) is 34.9 Å². The molecule has 0 aromatic heterocycles. The van der Waals surface area contributed by atoms with Crippen molar-refractivity contribution in [2.75, 3.05) is 150 Å². The van der Waals surface area contributed by atoms with Crippen molar-refractivity contribution < 1.29 is 9.59 Å². The molecule has 372 valence electrons. The molecule has 0 radical (unpaired) electrons. The number of unbranched alkanes of at least 4 members (excludes halogenated alkanes) is 2. The first-order valence-corrected chi connectivity index (χ1v) is 26.0. The molecule has 0 aliphatic carbocycles. The second kappa shape index (κ2) is 44.0. The minimum absolute atomic E-state index is 0.0395. The molecule has 0 saturated heterocycles. The van der Waals surface area contributed by atoms with Gasteiger partial charge in [0.25, 0.3) is 0 Å². The maximum absolute atomic E-state index is 12.7. The van der Waals surface area contributed by atoms with Gasteiger partial charge in [0.05, 0.1) is 12.1 Å². The minimum atomic E-state index is -0.602. The summed E-state index contributed by atoms with van der Waals surface area (Å²) in [5.74, 6) is 2.09. The van der Waals surface area contributed by atoms with E-state index in [2.05, 4.69) is 63.8 Å². The molecular weight excluding hydrogens is 841 g/mol. The first-order valence-electron chi connectivity index (χ1n) is 23.5. The molecule has 2 amide bonds. The Hall–Kier alpha value is -1.90. The normalized spacial score (nSPS) is 12.7. The van der Waals surface area contributed by atoms with E-state index in [-0.39, 0.29) is 23.8 Å². The van der Waals surface area contributed by atoms with Gasteiger partial charge in [0.1, 0.15) is 6.29 Å². The summed E-state index contributed by atoms with van der Waals surface area (Å²) in [4.78, 5) is 36.5. The zero-order valence-electron chi connectivity index (χ0n) is 39.5. The highest BCUT2D eigenvalue weighted by atomic mass is 33.1. The number of carbonyl (C=O) groups excluding carboxylic acids is 2. The summed E-state index contributed by atoms with van der Waals surface area (Å²) >= 11 is 0. The Morgan fingerprint density at radius 1 is 0.651 bits per heavy atom. The van der Waals surface area contributed by atoms with Crippen LogP contribution < -0.4 is 71.6 Å². The highest BCUT2D eigenvalue weighted by Gasteiger charge is 2.16. The van der Waals surface area contributed by atoms with Crippen LogP contribution in [0.5, 0.6) is 0 Å². The van der Waals surface area contributed by atoms with E-state index in [1.165, 1.54) is 0 Å². The Morgan fingerprint density at radius 2 is 1.27 bits per heavy atom. The monoisotopic (exact) mass is 935 g/mol. The van der Waals surface area contributed by atoms with Crippen molar-refractivity contribution in [3.05, 3.63) is 0 Å². The number of hydrogen-bond acceptors (Lipinski definition) is 18. The van der Waals surface area contributed by atoms with Crippen LogP contribution in [0.2, 0.25) is 0 Å². The Kier molecular flexibility index (Phi) is 42.6. The molecule has 20 N–H and O–H groups in total. The molecule has 63 heavy (non-hydrogen) atoms. The molecule has 0 aromatic rings. The van der Waals surface area contributed by atoms with Crippen LogP contribution in [0.15, 0.2) is 4.99 Å². The van der Waals surface area contributed by atoms with Crippen molar-refractivity contribution in [2.24, 2.45) is 39.4 Å². The van der Waals surface area contributed by atoms with Crippen molar-refractivity contribution in [3.8, 4) is 0 Å². The molecule has 22 heteroatoms. The Balaban J connectivity index is 5.01. The number of aliphatic imine (C=N–C) groups is 1. The summed E-state index contributed by atoms with van der Waals surface area (Å²) in [5, 5.41) is 30.8. The lowest BCUT2D eigenvalue weighted by atomic mass is 10.1. The number of carbonyl (C=O) groups is 2. The molecule has 0 heterocycles. The zero-order valence-corrected chi connectivity index (χ0v) is 41.2. The Morgan fingerprint density at radius 3 is 1.90 bits per heavy atom. The van der Waals surface area contributed by atoms with Crippen molar-refractivity contribution in [1.82, 2.24) is 51.9 Å². The number of guanidine groups is 1.